The van der Waals surface area contributed by atoms with Crippen LogP contribution >= 0.6 is 0 Å². The first-order valence-electron chi connectivity index (χ1n) is 10.9. The summed E-state index contributed by atoms with van der Waals surface area (Å²) in [6.45, 7) is 0. The maximum absolute atomic E-state index is 6.63. The molecule has 0 fully saturated rings. The van der Waals surface area contributed by atoms with E-state index in [2.05, 4.69) is 103 Å². The molecule has 1 nitrogen and oxygen atoms in total. The summed E-state index contributed by atoms with van der Waals surface area (Å²) in [6, 6.07) is 44.5. The third kappa shape index (κ3) is 3.25. The van der Waals surface area contributed by atoms with Gasteiger partial charge in [0.05, 0.1) is 23.3 Å². The predicted octanol–water partition coefficient (Wildman–Crippen LogP) is 8.87. The maximum atomic E-state index is 6.63. The lowest BCUT2D eigenvalue weighted by atomic mass is 9.93. The Morgan fingerprint density at radius 3 is 1.50 bits per heavy atom. The quantitative estimate of drug-likeness (QED) is 0.210. The molecule has 0 spiro atoms. The molecule has 0 bridgehead atoms. The molecule has 0 atom stereocenters. The van der Waals surface area contributed by atoms with E-state index in [0.29, 0.717) is 0 Å². The van der Waals surface area contributed by atoms with Crippen molar-refractivity contribution in [3.63, 3.8) is 0 Å². The average Bonchev–Trinajstić information content (AvgIpc) is 2.88. The zero-order valence-electron chi connectivity index (χ0n) is 17.5. The van der Waals surface area contributed by atoms with Crippen molar-refractivity contribution in [2.45, 2.75) is 0 Å². The van der Waals surface area contributed by atoms with E-state index < -0.39 is 0 Å². The number of benzene rings is 5. The van der Waals surface area contributed by atoms with Gasteiger partial charge in [0.15, 0.2) is 0 Å². The molecule has 1 heteroatoms. The summed E-state index contributed by atoms with van der Waals surface area (Å²) in [5, 5.41) is 4.81. The second-order valence-corrected chi connectivity index (χ2v) is 8.00. The van der Waals surface area contributed by atoms with Crippen molar-refractivity contribution >= 4 is 21.5 Å². The molecule has 1 aromatic heterocycles. The molecule has 5 aromatic carbocycles. The number of fused-ring (bicyclic) bond motifs is 2. The molecule has 0 aliphatic heterocycles. The van der Waals surface area contributed by atoms with Crippen LogP contribution in [0.3, 0.4) is 0 Å². The van der Waals surface area contributed by atoms with Crippen LogP contribution in [-0.4, -0.2) is 0 Å². The lowest BCUT2D eigenvalue weighted by Crippen LogP contribution is -1.89. The fraction of sp³-hybridized carbons (Fsp3) is 0. The molecule has 0 unspecified atom stereocenters. The molecule has 6 rings (SSSR count). The summed E-state index contributed by atoms with van der Waals surface area (Å²) in [6.07, 6.45) is 0. The van der Waals surface area contributed by atoms with E-state index in [-0.39, 0.29) is 0 Å². The zero-order valence-corrected chi connectivity index (χ0v) is 17.5. The van der Waals surface area contributed by atoms with E-state index in [9.17, 15) is 0 Å². The van der Waals surface area contributed by atoms with Crippen LogP contribution in [0.5, 0.6) is 0 Å². The van der Waals surface area contributed by atoms with Gasteiger partial charge in [-0.2, -0.15) is 0 Å². The molecule has 0 N–H and O–H groups in total. The fourth-order valence-electron chi connectivity index (χ4n) is 4.45. The van der Waals surface area contributed by atoms with Crippen LogP contribution in [-0.2, 0) is 0 Å². The molecule has 32 heavy (non-hydrogen) atoms. The summed E-state index contributed by atoms with van der Waals surface area (Å²) < 4.78 is 6.63. The third-order valence-electron chi connectivity index (χ3n) is 5.98. The summed E-state index contributed by atoms with van der Waals surface area (Å²) in [5.41, 5.74) is 4.51. The Bertz CT molecular complexity index is 1440. The van der Waals surface area contributed by atoms with Gasteiger partial charge in [-0.25, -0.2) is 4.42 Å². The van der Waals surface area contributed by atoms with Gasteiger partial charge in [0.25, 0.3) is 0 Å². The topological polar surface area (TPSA) is 11.3 Å². The van der Waals surface area contributed by atoms with Crippen molar-refractivity contribution in [3.8, 4) is 33.8 Å². The van der Waals surface area contributed by atoms with Gasteiger partial charge in [-0.05, 0) is 45.3 Å². The van der Waals surface area contributed by atoms with Crippen LogP contribution in [0.15, 0.2) is 132 Å². The lowest BCUT2D eigenvalue weighted by Gasteiger charge is -2.08. The Labute approximate surface area is 187 Å². The summed E-state index contributed by atoms with van der Waals surface area (Å²) >= 11 is 0. The number of hydrogen-bond donors (Lipinski definition) is 0. The third-order valence-corrected chi connectivity index (χ3v) is 5.98. The Balaban J connectivity index is 1.71. The average molecular weight is 410 g/mol. The standard InChI is InChI=1S/C31H21O/c1-3-11-22(12-4-1)26-20-29(23-13-5-2-6-14-23)32-30(21-26)31-27-17-9-7-15-24(27)19-25-16-8-10-18-28(25)31/h1-21H/q+1. The van der Waals surface area contributed by atoms with Gasteiger partial charge in [-0.15, -0.1) is 0 Å². The Morgan fingerprint density at radius 1 is 0.375 bits per heavy atom. The minimum absolute atomic E-state index is 0.860. The van der Waals surface area contributed by atoms with E-state index in [4.69, 9.17) is 4.42 Å². The van der Waals surface area contributed by atoms with E-state index >= 15 is 0 Å². The van der Waals surface area contributed by atoms with Crippen molar-refractivity contribution in [3.05, 3.63) is 127 Å². The molecule has 0 radical (unpaired) electrons. The SMILES string of the molecule is c1ccc(-c2cc(-c3ccccc3)[o+]c(-c3c4ccccc4cc4ccccc34)c2)cc1. The molecule has 6 aromatic rings. The van der Waals surface area contributed by atoms with Crippen LogP contribution in [0, 0.1) is 0 Å². The van der Waals surface area contributed by atoms with Crippen LogP contribution < -0.4 is 0 Å². The summed E-state index contributed by atoms with van der Waals surface area (Å²) in [7, 11) is 0. The van der Waals surface area contributed by atoms with Crippen molar-refractivity contribution in [1.82, 2.24) is 0 Å². The molecule has 0 amide bonds. The van der Waals surface area contributed by atoms with Gasteiger partial charge in [-0.1, -0.05) is 97.1 Å². The van der Waals surface area contributed by atoms with Crippen molar-refractivity contribution in [2.75, 3.05) is 0 Å². The molecular weight excluding hydrogens is 388 g/mol. The molecule has 0 saturated carbocycles. The largest absolute Gasteiger partial charge is 0.362 e. The Hall–Kier alpha value is -4.23. The van der Waals surface area contributed by atoms with Gasteiger partial charge < -0.3 is 0 Å². The van der Waals surface area contributed by atoms with E-state index in [1.165, 1.54) is 27.1 Å². The van der Waals surface area contributed by atoms with Crippen molar-refractivity contribution in [2.24, 2.45) is 0 Å². The van der Waals surface area contributed by atoms with Crippen LogP contribution in [0.4, 0.5) is 0 Å². The van der Waals surface area contributed by atoms with Crippen molar-refractivity contribution in [1.29, 1.82) is 0 Å². The van der Waals surface area contributed by atoms with Crippen LogP contribution in [0.1, 0.15) is 0 Å². The van der Waals surface area contributed by atoms with Crippen LogP contribution in [0.25, 0.3) is 55.3 Å². The molecule has 0 aliphatic carbocycles. The highest BCUT2D eigenvalue weighted by Gasteiger charge is 2.24. The minimum atomic E-state index is 0.860. The zero-order chi connectivity index (χ0) is 21.3. The number of hydrogen-bond acceptors (Lipinski definition) is 0. The van der Waals surface area contributed by atoms with Crippen molar-refractivity contribution < 1.29 is 4.42 Å². The lowest BCUT2D eigenvalue weighted by molar-refractivity contribution is 0.583. The Kier molecular flexibility index (Phi) is 4.51. The van der Waals surface area contributed by atoms with Gasteiger partial charge in [-0.3, -0.25) is 0 Å². The first-order chi connectivity index (χ1) is 15.9. The maximum Gasteiger partial charge on any atom is 0.362 e. The van der Waals surface area contributed by atoms with E-state index in [1.54, 1.807) is 0 Å². The second kappa shape index (κ2) is 7.79. The van der Waals surface area contributed by atoms with Gasteiger partial charge in [0.1, 0.15) is 0 Å². The molecule has 0 aliphatic rings. The van der Waals surface area contributed by atoms with E-state index in [1.807, 2.05) is 24.3 Å². The smallest absolute Gasteiger partial charge is 0.207 e. The fourth-order valence-corrected chi connectivity index (χ4v) is 4.45. The predicted molar refractivity (Wildman–Crippen MR) is 134 cm³/mol. The van der Waals surface area contributed by atoms with Gasteiger partial charge in [0, 0.05) is 5.56 Å². The second-order valence-electron chi connectivity index (χ2n) is 8.00. The summed E-state index contributed by atoms with van der Waals surface area (Å²) in [5.74, 6) is 1.73. The summed E-state index contributed by atoms with van der Waals surface area (Å²) in [4.78, 5) is 0. The molecule has 1 heterocycles. The first kappa shape index (κ1) is 18.5. The highest BCUT2D eigenvalue weighted by Crippen LogP contribution is 2.40. The highest BCUT2D eigenvalue weighted by atomic mass is 16.3. The van der Waals surface area contributed by atoms with Crippen LogP contribution in [0.2, 0.25) is 0 Å². The normalized spacial score (nSPS) is 11.1. The van der Waals surface area contributed by atoms with E-state index in [0.717, 1.165) is 28.2 Å². The molecule has 0 saturated heterocycles. The molecular formula is C31H21O+. The van der Waals surface area contributed by atoms with Gasteiger partial charge in [0.2, 0.25) is 0 Å². The first-order valence-corrected chi connectivity index (χ1v) is 10.9. The minimum Gasteiger partial charge on any atom is -0.207 e. The number of rotatable bonds is 3. The Morgan fingerprint density at radius 2 is 0.875 bits per heavy atom. The van der Waals surface area contributed by atoms with Gasteiger partial charge >= 0.3 is 11.5 Å². The highest BCUT2D eigenvalue weighted by molar-refractivity contribution is 6.12. The monoisotopic (exact) mass is 409 g/mol. The molecule has 150 valence electrons.